The summed E-state index contributed by atoms with van der Waals surface area (Å²) in [6.07, 6.45) is 3.18. The maximum atomic E-state index is 13.5. The Kier molecular flexibility index (Phi) is 5.30. The van der Waals surface area contributed by atoms with Gasteiger partial charge >= 0.3 is 0 Å². The highest BCUT2D eigenvalue weighted by Gasteiger charge is 2.15. The summed E-state index contributed by atoms with van der Waals surface area (Å²) in [5.74, 6) is 1.63. The molecule has 1 N–H and O–H groups in total. The molecule has 8 heteroatoms. The number of nitrogens with one attached hydrogen (secondary N) is 1. The summed E-state index contributed by atoms with van der Waals surface area (Å²) < 4.78 is 12.3. The lowest BCUT2D eigenvalue weighted by molar-refractivity contribution is 0.328. The number of pyridine rings is 2. The first-order chi connectivity index (χ1) is 14.6. The van der Waals surface area contributed by atoms with Crippen molar-refractivity contribution in [1.82, 2.24) is 19.5 Å². The third-order valence-corrected chi connectivity index (χ3v) is 4.64. The van der Waals surface area contributed by atoms with Crippen LogP contribution >= 0.6 is 0 Å². The molecule has 1 aromatic carbocycles. The van der Waals surface area contributed by atoms with E-state index < -0.39 is 0 Å². The van der Waals surface area contributed by atoms with E-state index in [0.717, 1.165) is 16.7 Å². The second kappa shape index (κ2) is 8.20. The molecule has 0 atom stereocenters. The molecule has 0 saturated heterocycles. The Morgan fingerprint density at radius 1 is 1.07 bits per heavy atom. The molecule has 30 heavy (non-hydrogen) atoms. The summed E-state index contributed by atoms with van der Waals surface area (Å²) in [6.45, 7) is 2.36. The maximum Gasteiger partial charge on any atom is 0.264 e. The molecule has 152 valence electrons. The molecule has 4 rings (SSSR count). The predicted octanol–water partition coefficient (Wildman–Crippen LogP) is 3.29. The van der Waals surface area contributed by atoms with Gasteiger partial charge in [0.1, 0.15) is 5.75 Å². The Hall–Kier alpha value is -3.94. The van der Waals surface area contributed by atoms with E-state index in [1.807, 2.05) is 43.3 Å². The monoisotopic (exact) mass is 403 g/mol. The lowest BCUT2D eigenvalue weighted by Crippen LogP contribution is -2.22. The normalized spacial score (nSPS) is 10.8. The highest BCUT2D eigenvalue weighted by molar-refractivity contribution is 5.83. The summed E-state index contributed by atoms with van der Waals surface area (Å²) in [6, 6.07) is 12.9. The molecule has 0 amide bonds. The van der Waals surface area contributed by atoms with Crippen molar-refractivity contribution >= 4 is 17.0 Å². The lowest BCUT2D eigenvalue weighted by Gasteiger charge is -2.13. The standard InChI is InChI=1S/C22H21N5O3/c1-4-30-19-10-7-15-11-18(14-5-8-17(29-3)9-6-14)21(28)27(20(15)26-19)16-12-24-22(23-2)25-13-16/h5-13H,4H2,1-3H3,(H,23,24,25). The van der Waals surface area contributed by atoms with Gasteiger partial charge in [-0.15, -0.1) is 0 Å². The highest BCUT2D eigenvalue weighted by atomic mass is 16.5. The number of anilines is 1. The highest BCUT2D eigenvalue weighted by Crippen LogP contribution is 2.25. The first kappa shape index (κ1) is 19.4. The van der Waals surface area contributed by atoms with Crippen LogP contribution in [-0.4, -0.2) is 40.3 Å². The molecule has 0 spiro atoms. The Bertz CT molecular complexity index is 1230. The SMILES string of the molecule is CCOc1ccc2cc(-c3ccc(OC)cc3)c(=O)n(-c3cnc(NC)nc3)c2n1. The molecule has 0 aliphatic heterocycles. The summed E-state index contributed by atoms with van der Waals surface area (Å²) >= 11 is 0. The number of hydrogen-bond acceptors (Lipinski definition) is 7. The Morgan fingerprint density at radius 2 is 1.80 bits per heavy atom. The molecule has 0 aliphatic rings. The number of benzene rings is 1. The maximum absolute atomic E-state index is 13.5. The fourth-order valence-corrected chi connectivity index (χ4v) is 3.18. The van der Waals surface area contributed by atoms with Gasteiger partial charge in [0.25, 0.3) is 5.56 Å². The third kappa shape index (κ3) is 3.55. The molecule has 0 fully saturated rings. The van der Waals surface area contributed by atoms with E-state index in [0.29, 0.717) is 35.3 Å². The molecule has 0 unspecified atom stereocenters. The molecular weight excluding hydrogens is 382 g/mol. The van der Waals surface area contributed by atoms with Gasteiger partial charge < -0.3 is 14.8 Å². The minimum Gasteiger partial charge on any atom is -0.497 e. The summed E-state index contributed by atoms with van der Waals surface area (Å²) in [5.41, 5.74) is 2.08. The molecule has 0 radical (unpaired) electrons. The molecule has 0 aliphatic carbocycles. The Morgan fingerprint density at radius 3 is 2.43 bits per heavy atom. The van der Waals surface area contributed by atoms with Crippen LogP contribution in [0.4, 0.5) is 5.95 Å². The van der Waals surface area contributed by atoms with Gasteiger partial charge in [0.15, 0.2) is 5.65 Å². The van der Waals surface area contributed by atoms with Crippen LogP contribution in [0.2, 0.25) is 0 Å². The summed E-state index contributed by atoms with van der Waals surface area (Å²) in [5, 5.41) is 3.67. The number of nitrogens with zero attached hydrogens (tertiary/aromatic N) is 4. The number of rotatable bonds is 6. The van der Waals surface area contributed by atoms with Gasteiger partial charge in [-0.25, -0.2) is 9.97 Å². The van der Waals surface area contributed by atoms with E-state index >= 15 is 0 Å². The van der Waals surface area contributed by atoms with Crippen molar-refractivity contribution in [2.75, 3.05) is 26.1 Å². The second-order valence-corrected chi connectivity index (χ2v) is 6.44. The van der Waals surface area contributed by atoms with Gasteiger partial charge in [0, 0.05) is 24.1 Å². The van der Waals surface area contributed by atoms with Gasteiger partial charge in [0.05, 0.1) is 31.8 Å². The number of methoxy groups -OCH3 is 1. The van der Waals surface area contributed by atoms with E-state index in [9.17, 15) is 4.79 Å². The Labute approximate surface area is 173 Å². The van der Waals surface area contributed by atoms with Crippen LogP contribution in [0.25, 0.3) is 27.8 Å². The first-order valence-electron chi connectivity index (χ1n) is 9.48. The van der Waals surface area contributed by atoms with Gasteiger partial charge in [-0.3, -0.25) is 9.36 Å². The first-order valence-corrected chi connectivity index (χ1v) is 9.48. The van der Waals surface area contributed by atoms with Gasteiger partial charge in [-0.2, -0.15) is 4.98 Å². The van der Waals surface area contributed by atoms with Gasteiger partial charge in [0.2, 0.25) is 11.8 Å². The van der Waals surface area contributed by atoms with Crippen molar-refractivity contribution in [3.05, 3.63) is 65.2 Å². The minimum atomic E-state index is -0.227. The quantitative estimate of drug-likeness (QED) is 0.528. The fraction of sp³-hybridized carbons (Fsp3) is 0.182. The van der Waals surface area contributed by atoms with Crippen LogP contribution in [0.5, 0.6) is 11.6 Å². The van der Waals surface area contributed by atoms with Crippen molar-refractivity contribution < 1.29 is 9.47 Å². The van der Waals surface area contributed by atoms with Crippen molar-refractivity contribution in [2.45, 2.75) is 6.92 Å². The van der Waals surface area contributed by atoms with Crippen molar-refractivity contribution in [3.63, 3.8) is 0 Å². The van der Waals surface area contributed by atoms with E-state index in [2.05, 4.69) is 20.3 Å². The average Bonchev–Trinajstić information content (AvgIpc) is 2.79. The van der Waals surface area contributed by atoms with Crippen LogP contribution in [0.3, 0.4) is 0 Å². The van der Waals surface area contributed by atoms with Crippen LogP contribution < -0.4 is 20.3 Å². The van der Waals surface area contributed by atoms with Crippen molar-refractivity contribution in [2.24, 2.45) is 0 Å². The predicted molar refractivity (Wildman–Crippen MR) is 116 cm³/mol. The molecule has 8 nitrogen and oxygen atoms in total. The van der Waals surface area contributed by atoms with E-state index in [-0.39, 0.29) is 5.56 Å². The van der Waals surface area contributed by atoms with Crippen LogP contribution in [0.1, 0.15) is 6.92 Å². The lowest BCUT2D eigenvalue weighted by atomic mass is 10.1. The molecule has 4 aromatic rings. The number of aromatic nitrogens is 4. The van der Waals surface area contributed by atoms with Crippen LogP contribution in [0, 0.1) is 0 Å². The zero-order valence-electron chi connectivity index (χ0n) is 16.9. The molecule has 3 aromatic heterocycles. The van der Waals surface area contributed by atoms with E-state index in [1.54, 1.807) is 32.6 Å². The smallest absolute Gasteiger partial charge is 0.264 e. The minimum absolute atomic E-state index is 0.227. The van der Waals surface area contributed by atoms with Gasteiger partial charge in [-0.05, 0) is 36.8 Å². The topological polar surface area (TPSA) is 91.2 Å². The summed E-state index contributed by atoms with van der Waals surface area (Å²) in [7, 11) is 3.34. The molecule has 0 saturated carbocycles. The van der Waals surface area contributed by atoms with Crippen LogP contribution in [0.15, 0.2) is 59.7 Å². The molecule has 3 heterocycles. The summed E-state index contributed by atoms with van der Waals surface area (Å²) in [4.78, 5) is 26.6. The van der Waals surface area contributed by atoms with Crippen molar-refractivity contribution in [3.8, 4) is 28.4 Å². The van der Waals surface area contributed by atoms with E-state index in [4.69, 9.17) is 9.47 Å². The number of ether oxygens (including phenoxy) is 2. The molecular formula is C22H21N5O3. The van der Waals surface area contributed by atoms with Crippen molar-refractivity contribution in [1.29, 1.82) is 0 Å². The zero-order chi connectivity index (χ0) is 21.1. The Balaban J connectivity index is 1.99. The fourth-order valence-electron chi connectivity index (χ4n) is 3.18. The largest absolute Gasteiger partial charge is 0.497 e. The third-order valence-electron chi connectivity index (χ3n) is 4.64. The molecule has 0 bridgehead atoms. The van der Waals surface area contributed by atoms with Gasteiger partial charge in [-0.1, -0.05) is 12.1 Å². The second-order valence-electron chi connectivity index (χ2n) is 6.44. The number of fused-ring (bicyclic) bond motifs is 1. The van der Waals surface area contributed by atoms with E-state index in [1.165, 1.54) is 4.57 Å². The average molecular weight is 403 g/mol. The number of hydrogen-bond donors (Lipinski definition) is 1. The van der Waals surface area contributed by atoms with Crippen LogP contribution in [-0.2, 0) is 0 Å². The zero-order valence-corrected chi connectivity index (χ0v) is 16.9.